The van der Waals surface area contributed by atoms with Crippen LogP contribution in [0.15, 0.2) is 48.5 Å². The first-order valence-electron chi connectivity index (χ1n) is 15.0. The standard InChI is InChI=1S/C33H42F4INO8/c1-5-16-41-17-18-42-19-20-43-21-22-44-23-24-45-25-30(40)39(4)15-14-26-10-12-27(13-11-26)46-33(36,37)32(34,35)38-29-9-7-6-8-28(29)31(2,3)47-38/h1,6-13H,14-25H2,2-4H3. The van der Waals surface area contributed by atoms with E-state index in [1.165, 1.54) is 41.3 Å². The number of carbonyl (C=O) groups excluding carboxylic acids is 1. The predicted molar refractivity (Wildman–Crippen MR) is 175 cm³/mol. The zero-order chi connectivity index (χ0) is 34.3. The summed E-state index contributed by atoms with van der Waals surface area (Å²) in [5, 5.41) is 0. The average molecular weight is 784 g/mol. The van der Waals surface area contributed by atoms with Crippen molar-refractivity contribution >= 4 is 26.1 Å². The number of benzene rings is 2. The van der Waals surface area contributed by atoms with Gasteiger partial charge in [0.1, 0.15) is 6.61 Å². The second-order valence-electron chi connectivity index (χ2n) is 10.8. The van der Waals surface area contributed by atoms with E-state index in [1.807, 2.05) is 0 Å². The van der Waals surface area contributed by atoms with Gasteiger partial charge in [0.25, 0.3) is 0 Å². The van der Waals surface area contributed by atoms with Crippen molar-refractivity contribution in [3.05, 3.63) is 63.2 Å². The molecule has 0 bridgehead atoms. The van der Waals surface area contributed by atoms with E-state index in [1.54, 1.807) is 33.0 Å². The van der Waals surface area contributed by atoms with Crippen molar-refractivity contribution in [2.75, 3.05) is 79.7 Å². The molecular formula is C33H42F4INO8. The number of rotatable bonds is 22. The van der Waals surface area contributed by atoms with Crippen molar-refractivity contribution in [2.24, 2.45) is 0 Å². The number of halogens is 5. The van der Waals surface area contributed by atoms with Gasteiger partial charge in [0.2, 0.25) is 0 Å². The molecule has 1 amide bonds. The predicted octanol–water partition coefficient (Wildman–Crippen LogP) is 5.52. The first-order chi connectivity index (χ1) is 22.4. The summed E-state index contributed by atoms with van der Waals surface area (Å²) in [5.41, 5.74) is 0.101. The third-order valence-corrected chi connectivity index (χ3v) is 12.1. The fraction of sp³-hybridized carbons (Fsp3) is 0.545. The van der Waals surface area contributed by atoms with Crippen molar-refractivity contribution < 1.29 is 53.8 Å². The van der Waals surface area contributed by atoms with Gasteiger partial charge in [0.05, 0.1) is 52.9 Å². The van der Waals surface area contributed by atoms with Crippen LogP contribution in [0, 0.1) is 15.9 Å². The molecule has 0 aliphatic carbocycles. The zero-order valence-electron chi connectivity index (χ0n) is 26.8. The number of terminal acetylenes is 1. The molecule has 1 aliphatic rings. The van der Waals surface area contributed by atoms with Crippen LogP contribution in [-0.4, -0.2) is 101 Å². The van der Waals surface area contributed by atoms with Crippen LogP contribution in [0.2, 0.25) is 0 Å². The Hall–Kier alpha value is -2.52. The Morgan fingerprint density at radius 3 is 2.02 bits per heavy atom. The summed E-state index contributed by atoms with van der Waals surface area (Å²) in [5.74, 6) is 1.72. The third kappa shape index (κ3) is 11.8. The monoisotopic (exact) mass is 783 g/mol. The number of hydrogen-bond acceptors (Lipinski definition) is 8. The van der Waals surface area contributed by atoms with Crippen LogP contribution in [0.1, 0.15) is 25.0 Å². The second-order valence-corrected chi connectivity index (χ2v) is 15.2. The van der Waals surface area contributed by atoms with E-state index in [0.29, 0.717) is 70.3 Å². The molecule has 2 aromatic carbocycles. The van der Waals surface area contributed by atoms with Gasteiger partial charge in [-0.15, -0.1) is 6.42 Å². The number of ether oxygens (including phenoxy) is 6. The van der Waals surface area contributed by atoms with Crippen molar-refractivity contribution in [3.8, 4) is 18.1 Å². The van der Waals surface area contributed by atoms with Gasteiger partial charge in [-0.1, -0.05) is 5.92 Å². The van der Waals surface area contributed by atoms with Crippen molar-refractivity contribution in [3.63, 3.8) is 0 Å². The van der Waals surface area contributed by atoms with Crippen LogP contribution in [0.4, 0.5) is 17.6 Å². The summed E-state index contributed by atoms with van der Waals surface area (Å²) in [6.45, 7) is 6.66. The molecule has 0 atom stereocenters. The van der Waals surface area contributed by atoms with Crippen LogP contribution >= 0.6 is 20.2 Å². The van der Waals surface area contributed by atoms with Crippen molar-refractivity contribution in [1.82, 2.24) is 4.90 Å². The Bertz CT molecular complexity index is 1290. The van der Waals surface area contributed by atoms with Gasteiger partial charge in [-0.25, -0.2) is 0 Å². The maximum atomic E-state index is 15.2. The van der Waals surface area contributed by atoms with Crippen molar-refractivity contribution in [2.45, 2.75) is 35.9 Å². The fourth-order valence-corrected chi connectivity index (χ4v) is 9.33. The molecule has 47 heavy (non-hydrogen) atoms. The molecule has 14 heteroatoms. The van der Waals surface area contributed by atoms with Crippen LogP contribution in [0.3, 0.4) is 0 Å². The van der Waals surface area contributed by atoms with Gasteiger partial charge in [-0.3, -0.25) is 0 Å². The van der Waals surface area contributed by atoms with E-state index in [2.05, 4.69) is 10.7 Å². The number of fused-ring (bicyclic) bond motifs is 1. The molecule has 0 unspecified atom stereocenters. The van der Waals surface area contributed by atoms with E-state index >= 15 is 8.78 Å². The van der Waals surface area contributed by atoms with Crippen LogP contribution < -0.4 is 4.74 Å². The Kier molecular flexibility index (Phi) is 15.6. The minimum absolute atomic E-state index is 0.134. The normalized spacial score (nSPS) is 14.9. The van der Waals surface area contributed by atoms with Crippen LogP contribution in [-0.2, 0) is 43.6 Å². The summed E-state index contributed by atoms with van der Waals surface area (Å²) < 4.78 is 92.7. The third-order valence-electron chi connectivity index (χ3n) is 6.75. The van der Waals surface area contributed by atoms with E-state index < -0.39 is 41.6 Å². The molecule has 0 aromatic heterocycles. The molecule has 0 radical (unpaired) electrons. The number of carbonyl (C=O) groups is 1. The average Bonchev–Trinajstić information content (AvgIpc) is 3.33. The molecule has 0 saturated carbocycles. The van der Waals surface area contributed by atoms with E-state index in [-0.39, 0.29) is 29.3 Å². The molecule has 0 N–H and O–H groups in total. The Morgan fingerprint density at radius 1 is 0.872 bits per heavy atom. The SMILES string of the molecule is C#CCOCCOCCOCCOCCOCC(=O)N(C)CCc1ccc(OC(F)(F)C(F)(F)I2OC(C)(C)c3ccccc32)cc1. The second kappa shape index (κ2) is 18.9. The van der Waals surface area contributed by atoms with E-state index in [9.17, 15) is 13.6 Å². The molecule has 0 saturated heterocycles. The summed E-state index contributed by atoms with van der Waals surface area (Å²) in [7, 11) is 1.61. The van der Waals surface area contributed by atoms with Gasteiger partial charge < -0.3 is 23.7 Å². The van der Waals surface area contributed by atoms with Gasteiger partial charge in [-0.05, 0) is 0 Å². The Morgan fingerprint density at radius 2 is 1.43 bits per heavy atom. The molecule has 1 aliphatic heterocycles. The minimum atomic E-state index is -4.78. The Labute approximate surface area is 281 Å². The summed E-state index contributed by atoms with van der Waals surface area (Å²) >= 11 is -4.15. The van der Waals surface area contributed by atoms with Crippen LogP contribution in [0.25, 0.3) is 0 Å². The zero-order valence-corrected chi connectivity index (χ0v) is 28.9. The molecule has 3 rings (SSSR count). The summed E-state index contributed by atoms with van der Waals surface area (Å²) in [6.07, 6.45) is 0.687. The van der Waals surface area contributed by atoms with Crippen molar-refractivity contribution in [1.29, 1.82) is 0 Å². The summed E-state index contributed by atoms with van der Waals surface area (Å²) in [4.78, 5) is 13.8. The van der Waals surface area contributed by atoms with E-state index in [4.69, 9.17) is 33.2 Å². The molecular weight excluding hydrogens is 741 g/mol. The number of nitrogens with zero attached hydrogens (tertiary/aromatic N) is 1. The number of hydrogen-bond donors (Lipinski definition) is 0. The molecule has 2 aromatic rings. The number of alkyl halides is 5. The van der Waals surface area contributed by atoms with Crippen LogP contribution in [0.5, 0.6) is 5.75 Å². The summed E-state index contributed by atoms with van der Waals surface area (Å²) in [6, 6.07) is 11.7. The Balaban J connectivity index is 1.30. The van der Waals surface area contributed by atoms with Gasteiger partial charge in [0, 0.05) is 0 Å². The first-order valence-corrected chi connectivity index (χ1v) is 18.0. The fourth-order valence-electron chi connectivity index (χ4n) is 4.18. The molecule has 0 spiro atoms. The molecule has 1 heterocycles. The number of amides is 1. The molecule has 9 nitrogen and oxygen atoms in total. The van der Waals surface area contributed by atoms with Gasteiger partial charge in [0.15, 0.2) is 0 Å². The van der Waals surface area contributed by atoms with Gasteiger partial charge in [-0.2, -0.15) is 0 Å². The molecule has 0 fully saturated rings. The quantitative estimate of drug-likeness (QED) is 0.0508. The number of likely N-dealkylation sites (N-methyl/N-ethyl adjacent to an activating group) is 1. The maximum absolute atomic E-state index is 15.2. The first kappa shape index (κ1) is 38.9. The topological polar surface area (TPSA) is 84.9 Å². The molecule has 262 valence electrons. The van der Waals surface area contributed by atoms with E-state index in [0.717, 1.165) is 0 Å². The van der Waals surface area contributed by atoms with Gasteiger partial charge >= 0.3 is 186 Å².